The molecule has 4 aromatic rings. The van der Waals surface area contributed by atoms with Gasteiger partial charge in [0.15, 0.2) is 0 Å². The molecule has 0 aliphatic rings. The molecule has 2 heterocycles. The highest BCUT2D eigenvalue weighted by molar-refractivity contribution is 5.89. The first-order valence-corrected chi connectivity index (χ1v) is 10.8. The van der Waals surface area contributed by atoms with Crippen LogP contribution in [-0.4, -0.2) is 24.2 Å². The molecule has 0 aliphatic carbocycles. The second kappa shape index (κ2) is 13.1. The van der Waals surface area contributed by atoms with Gasteiger partial charge in [0, 0.05) is 12.1 Å². The number of rotatable bonds is 8. The molecule has 1 N–H and O–H groups in total. The zero-order chi connectivity index (χ0) is 26.6. The Kier molecular flexibility index (Phi) is 9.38. The van der Waals surface area contributed by atoms with Crippen LogP contribution in [0.1, 0.15) is 32.2 Å². The fraction of sp³-hybridized carbons (Fsp3) is 0.111. The molecule has 0 bridgehead atoms. The van der Waals surface area contributed by atoms with Crippen LogP contribution in [0, 0.1) is 0 Å². The number of aromatic carboxylic acids is 1. The van der Waals surface area contributed by atoms with Crippen LogP contribution in [0.4, 0.5) is 0 Å². The molecule has 2 aromatic heterocycles. The van der Waals surface area contributed by atoms with Crippen molar-refractivity contribution >= 4 is 11.9 Å². The maximum atomic E-state index is 11.7. The molecule has 0 aliphatic heterocycles. The maximum Gasteiger partial charge on any atom is 0.378 e. The van der Waals surface area contributed by atoms with Gasteiger partial charge in [-0.3, -0.25) is 9.59 Å². The normalized spacial score (nSPS) is 9.97. The van der Waals surface area contributed by atoms with E-state index >= 15 is 0 Å². The van der Waals surface area contributed by atoms with Crippen LogP contribution in [0.2, 0.25) is 0 Å². The molecule has 190 valence electrons. The van der Waals surface area contributed by atoms with E-state index in [-0.39, 0.29) is 30.5 Å². The lowest BCUT2D eigenvalue weighted by Gasteiger charge is -2.07. The van der Waals surface area contributed by atoms with Crippen molar-refractivity contribution in [2.45, 2.75) is 13.2 Å². The molecule has 10 nitrogen and oxygen atoms in total. The summed E-state index contributed by atoms with van der Waals surface area (Å²) in [6.07, 6.45) is 2.16. The standard InChI is InChI=1S/C14H12O5.C13H10O5/c1-17-14(16)13-12(11(15)7-8-18-13)19-9-10-5-3-2-4-6-10;14-10-6-7-17-12(13(15)16)11(10)18-8-9-4-2-1-3-5-9/h2-8H,9H2,1H3;1-7H,8H2,(H,15,16). The summed E-state index contributed by atoms with van der Waals surface area (Å²) in [4.78, 5) is 45.5. The lowest BCUT2D eigenvalue weighted by Crippen LogP contribution is -2.13. The Morgan fingerprint density at radius 2 is 1.14 bits per heavy atom. The first kappa shape index (κ1) is 26.5. The second-order valence-corrected chi connectivity index (χ2v) is 7.23. The number of carboxylic acid groups (broad SMARTS) is 1. The maximum absolute atomic E-state index is 11.7. The average Bonchev–Trinajstić information content (AvgIpc) is 2.92. The van der Waals surface area contributed by atoms with Gasteiger partial charge in [-0.15, -0.1) is 0 Å². The smallest absolute Gasteiger partial charge is 0.378 e. The van der Waals surface area contributed by atoms with Gasteiger partial charge in [-0.2, -0.15) is 0 Å². The quantitative estimate of drug-likeness (QED) is 0.349. The van der Waals surface area contributed by atoms with E-state index in [1.54, 1.807) is 0 Å². The van der Waals surface area contributed by atoms with Crippen molar-refractivity contribution in [3.63, 3.8) is 0 Å². The molecule has 0 amide bonds. The number of carbonyl (C=O) groups excluding carboxylic acids is 1. The predicted octanol–water partition coefficient (Wildman–Crippen LogP) is 3.92. The van der Waals surface area contributed by atoms with E-state index in [0.29, 0.717) is 0 Å². The second-order valence-electron chi connectivity index (χ2n) is 7.23. The molecule has 0 spiro atoms. The Hall–Kier alpha value is -5.12. The molecule has 0 fully saturated rings. The van der Waals surface area contributed by atoms with Crippen molar-refractivity contribution in [3.05, 3.63) is 128 Å². The topological polar surface area (TPSA) is 142 Å². The number of ether oxygens (including phenoxy) is 3. The van der Waals surface area contributed by atoms with Crippen molar-refractivity contribution < 1.29 is 37.7 Å². The highest BCUT2D eigenvalue weighted by atomic mass is 16.5. The van der Waals surface area contributed by atoms with Crippen LogP contribution in [-0.2, 0) is 18.0 Å². The number of esters is 1. The van der Waals surface area contributed by atoms with Crippen molar-refractivity contribution in [3.8, 4) is 11.5 Å². The molecule has 0 unspecified atom stereocenters. The van der Waals surface area contributed by atoms with E-state index in [0.717, 1.165) is 29.7 Å². The number of hydrogen-bond donors (Lipinski definition) is 1. The Morgan fingerprint density at radius 1 is 0.703 bits per heavy atom. The van der Waals surface area contributed by atoms with E-state index in [9.17, 15) is 19.2 Å². The first-order valence-electron chi connectivity index (χ1n) is 10.8. The molecule has 2 aromatic carbocycles. The first-order chi connectivity index (χ1) is 17.9. The molecule has 0 saturated heterocycles. The predicted molar refractivity (Wildman–Crippen MR) is 130 cm³/mol. The summed E-state index contributed by atoms with van der Waals surface area (Å²) in [7, 11) is 1.20. The monoisotopic (exact) mass is 506 g/mol. The van der Waals surface area contributed by atoms with Crippen LogP contribution in [0.3, 0.4) is 0 Å². The van der Waals surface area contributed by atoms with Gasteiger partial charge in [-0.1, -0.05) is 60.7 Å². The zero-order valence-corrected chi connectivity index (χ0v) is 19.6. The van der Waals surface area contributed by atoms with Gasteiger partial charge in [0.2, 0.25) is 22.4 Å². The summed E-state index contributed by atoms with van der Waals surface area (Å²) >= 11 is 0. The highest BCUT2D eigenvalue weighted by Gasteiger charge is 2.19. The molecule has 37 heavy (non-hydrogen) atoms. The summed E-state index contributed by atoms with van der Waals surface area (Å²) in [6.45, 7) is 0.273. The van der Waals surface area contributed by atoms with Gasteiger partial charge >= 0.3 is 11.9 Å². The van der Waals surface area contributed by atoms with Crippen LogP contribution in [0.5, 0.6) is 11.5 Å². The number of carboxylic acids is 1. The van der Waals surface area contributed by atoms with E-state index in [1.165, 1.54) is 13.2 Å². The third-order valence-corrected chi connectivity index (χ3v) is 4.69. The number of benzene rings is 2. The summed E-state index contributed by atoms with van der Waals surface area (Å²) < 4.78 is 24.9. The van der Waals surface area contributed by atoms with Gasteiger partial charge in [0.25, 0.3) is 11.5 Å². The zero-order valence-electron chi connectivity index (χ0n) is 19.6. The summed E-state index contributed by atoms with van der Waals surface area (Å²) in [6, 6.07) is 20.7. The number of carbonyl (C=O) groups is 2. The minimum atomic E-state index is -1.34. The summed E-state index contributed by atoms with van der Waals surface area (Å²) in [5.74, 6) is -3.23. The molecule has 0 radical (unpaired) electrons. The summed E-state index contributed by atoms with van der Waals surface area (Å²) in [5.41, 5.74) is 0.760. The molecular formula is C27H22O10. The molecule has 0 atom stereocenters. The Balaban J connectivity index is 0.000000206. The number of hydrogen-bond acceptors (Lipinski definition) is 9. The van der Waals surface area contributed by atoms with Crippen LogP contribution in [0.15, 0.2) is 104 Å². The Bertz CT molecular complexity index is 1440. The highest BCUT2D eigenvalue weighted by Crippen LogP contribution is 2.16. The molecule has 4 rings (SSSR count). The Morgan fingerprint density at radius 3 is 1.57 bits per heavy atom. The Labute approximate surface area is 210 Å². The lowest BCUT2D eigenvalue weighted by atomic mass is 10.2. The number of methoxy groups -OCH3 is 1. The van der Waals surface area contributed by atoms with E-state index < -0.39 is 28.6 Å². The minimum Gasteiger partial charge on any atom is -0.481 e. The third kappa shape index (κ3) is 7.43. The van der Waals surface area contributed by atoms with Crippen molar-refractivity contribution in [1.82, 2.24) is 0 Å². The SMILES string of the molecule is COC(=O)c1occc(=O)c1OCc1ccccc1.O=C(O)c1occc(=O)c1OCc1ccccc1. The van der Waals surface area contributed by atoms with Crippen LogP contribution >= 0.6 is 0 Å². The van der Waals surface area contributed by atoms with Gasteiger partial charge in [0.1, 0.15) is 13.2 Å². The van der Waals surface area contributed by atoms with Gasteiger partial charge < -0.3 is 28.2 Å². The molecule has 10 heteroatoms. The van der Waals surface area contributed by atoms with E-state index in [4.69, 9.17) is 23.4 Å². The van der Waals surface area contributed by atoms with Crippen LogP contribution < -0.4 is 20.3 Å². The van der Waals surface area contributed by atoms with Crippen LogP contribution in [0.25, 0.3) is 0 Å². The van der Waals surface area contributed by atoms with Gasteiger partial charge in [-0.05, 0) is 11.1 Å². The van der Waals surface area contributed by atoms with Crippen molar-refractivity contribution in [2.24, 2.45) is 0 Å². The lowest BCUT2D eigenvalue weighted by molar-refractivity contribution is 0.0552. The summed E-state index contributed by atoms with van der Waals surface area (Å²) in [5, 5.41) is 8.87. The minimum absolute atomic E-state index is 0.107. The largest absolute Gasteiger partial charge is 0.481 e. The van der Waals surface area contributed by atoms with Crippen molar-refractivity contribution in [2.75, 3.05) is 7.11 Å². The van der Waals surface area contributed by atoms with Gasteiger partial charge in [0.05, 0.1) is 19.6 Å². The van der Waals surface area contributed by atoms with E-state index in [2.05, 4.69) is 4.74 Å². The van der Waals surface area contributed by atoms with E-state index in [1.807, 2.05) is 60.7 Å². The third-order valence-electron chi connectivity index (χ3n) is 4.69. The van der Waals surface area contributed by atoms with Gasteiger partial charge in [-0.25, -0.2) is 9.59 Å². The molecule has 0 saturated carbocycles. The molecular weight excluding hydrogens is 484 g/mol. The average molecular weight is 506 g/mol. The fourth-order valence-corrected chi connectivity index (χ4v) is 2.92. The fourth-order valence-electron chi connectivity index (χ4n) is 2.92. The van der Waals surface area contributed by atoms with Crippen molar-refractivity contribution in [1.29, 1.82) is 0 Å².